The van der Waals surface area contributed by atoms with E-state index in [-0.39, 0.29) is 39.4 Å². The second-order valence-corrected chi connectivity index (χ2v) is 9.05. The predicted molar refractivity (Wildman–Crippen MR) is 146 cm³/mol. The van der Waals surface area contributed by atoms with Crippen LogP contribution in [0.15, 0.2) is 95.9 Å². The van der Waals surface area contributed by atoms with Crippen LogP contribution in [0, 0.1) is 10.1 Å². The maximum absolute atomic E-state index is 13.3. The molecule has 0 saturated heterocycles. The third-order valence-electron chi connectivity index (χ3n) is 6.02. The van der Waals surface area contributed by atoms with E-state index in [1.54, 1.807) is 30.3 Å². The van der Waals surface area contributed by atoms with Crippen molar-refractivity contribution >= 4 is 35.1 Å². The molecule has 0 spiro atoms. The molecule has 0 radical (unpaired) electrons. The van der Waals surface area contributed by atoms with Gasteiger partial charge in [-0.1, -0.05) is 41.9 Å². The van der Waals surface area contributed by atoms with Gasteiger partial charge in [-0.3, -0.25) is 35.3 Å². The lowest BCUT2D eigenvalue weighted by atomic mass is 10.0. The number of amides is 2. The summed E-state index contributed by atoms with van der Waals surface area (Å²) in [4.78, 5) is 60.9. The number of nitro benzene ring substituents is 1. The van der Waals surface area contributed by atoms with E-state index < -0.39 is 34.3 Å². The monoisotopic (exact) mass is 560 g/mol. The van der Waals surface area contributed by atoms with E-state index in [0.29, 0.717) is 0 Å². The van der Waals surface area contributed by atoms with E-state index in [4.69, 9.17) is 16.7 Å². The molecule has 2 amide bonds. The second-order valence-electron chi connectivity index (χ2n) is 8.61. The summed E-state index contributed by atoms with van der Waals surface area (Å²) >= 11 is 6.03. The Hall–Kier alpha value is -5.29. The van der Waals surface area contributed by atoms with Crippen LogP contribution < -0.4 is 16.4 Å². The summed E-state index contributed by atoms with van der Waals surface area (Å²) in [5, 5.41) is 20.8. The summed E-state index contributed by atoms with van der Waals surface area (Å²) in [6, 6.07) is 19.5. The summed E-state index contributed by atoms with van der Waals surface area (Å²) < 4.78 is 1.16. The molecule has 0 aliphatic heterocycles. The first kappa shape index (κ1) is 27.7. The molecule has 1 atom stereocenters. The number of aromatic nitrogens is 1. The lowest BCUT2D eigenvalue weighted by Gasteiger charge is -2.20. The molecule has 0 fully saturated rings. The molecule has 1 unspecified atom stereocenters. The number of carbonyl (C=O) groups is 3. The molecule has 1 heterocycles. The number of carboxylic acid groups (broad SMARTS) is 1. The largest absolute Gasteiger partial charge is 0.478 e. The number of hydrogen-bond acceptors (Lipinski definition) is 6. The Morgan fingerprint density at radius 2 is 1.60 bits per heavy atom. The highest BCUT2D eigenvalue weighted by Crippen LogP contribution is 2.31. The number of pyridine rings is 1. The highest BCUT2D eigenvalue weighted by atomic mass is 35.5. The van der Waals surface area contributed by atoms with Gasteiger partial charge >= 0.3 is 5.97 Å². The summed E-state index contributed by atoms with van der Waals surface area (Å²) in [6.45, 7) is 0. The lowest BCUT2D eigenvalue weighted by molar-refractivity contribution is -0.384. The van der Waals surface area contributed by atoms with Gasteiger partial charge in [0.05, 0.1) is 16.1 Å². The Kier molecular flexibility index (Phi) is 8.36. The molecule has 0 saturated carbocycles. The topological polar surface area (TPSA) is 161 Å². The van der Waals surface area contributed by atoms with E-state index in [1.807, 2.05) is 0 Å². The van der Waals surface area contributed by atoms with Crippen molar-refractivity contribution in [2.45, 2.75) is 12.5 Å². The molecule has 4 aromatic rings. The number of nitrogens with one attached hydrogen (secondary N) is 2. The highest BCUT2D eigenvalue weighted by molar-refractivity contribution is 6.31. The number of nitrogens with zero attached hydrogens (tertiary/aromatic N) is 2. The van der Waals surface area contributed by atoms with E-state index >= 15 is 0 Å². The van der Waals surface area contributed by atoms with E-state index in [1.165, 1.54) is 60.8 Å². The van der Waals surface area contributed by atoms with Crippen molar-refractivity contribution in [3.05, 3.63) is 133 Å². The maximum Gasteiger partial charge on any atom is 0.335 e. The third kappa shape index (κ3) is 6.40. The first-order chi connectivity index (χ1) is 19.1. The predicted octanol–water partition coefficient (Wildman–Crippen LogP) is 4.02. The van der Waals surface area contributed by atoms with Crippen LogP contribution in [0.2, 0.25) is 5.02 Å². The van der Waals surface area contributed by atoms with Crippen molar-refractivity contribution in [1.82, 2.24) is 15.4 Å². The molecule has 1 aromatic heterocycles. The number of benzene rings is 3. The van der Waals surface area contributed by atoms with Crippen molar-refractivity contribution in [2.24, 2.45) is 0 Å². The highest BCUT2D eigenvalue weighted by Gasteiger charge is 2.24. The van der Waals surface area contributed by atoms with Gasteiger partial charge in [-0.25, -0.2) is 4.79 Å². The maximum atomic E-state index is 13.3. The second kappa shape index (κ2) is 12.0. The summed E-state index contributed by atoms with van der Waals surface area (Å²) in [7, 11) is 0. The molecule has 11 nitrogen and oxygen atoms in total. The fourth-order valence-corrected chi connectivity index (χ4v) is 4.18. The quantitative estimate of drug-likeness (QED) is 0.216. The van der Waals surface area contributed by atoms with Gasteiger partial charge in [-0.15, -0.1) is 0 Å². The number of hydrazine groups is 1. The molecule has 3 aromatic carbocycles. The average Bonchev–Trinajstić information content (AvgIpc) is 2.95. The molecule has 202 valence electrons. The molecule has 0 aliphatic rings. The standard InChI is InChI=1S/C28H21ClN4O7/c29-21-10-11-23(33(39)40)22(16-21)20-12-13-32(25(34)15-20)24(14-17-4-2-1-3-5-17)27(36)31-30-26(35)18-6-8-19(9-7-18)28(37)38/h1-13,15-16,24H,14H2,(H,30,35)(H,31,36)(H,37,38). The van der Waals surface area contributed by atoms with Crippen LogP contribution in [0.25, 0.3) is 11.1 Å². The van der Waals surface area contributed by atoms with Gasteiger partial charge < -0.3 is 9.67 Å². The first-order valence-corrected chi connectivity index (χ1v) is 12.2. The minimum atomic E-state index is -1.15. The Morgan fingerprint density at radius 3 is 2.23 bits per heavy atom. The number of halogens is 1. The molecule has 4 rings (SSSR count). The van der Waals surface area contributed by atoms with Crippen molar-refractivity contribution in [1.29, 1.82) is 0 Å². The van der Waals surface area contributed by atoms with E-state index in [9.17, 15) is 29.3 Å². The molecular formula is C28H21ClN4O7. The Labute approximate surface area is 231 Å². The minimum absolute atomic E-state index is 0.00515. The number of carbonyl (C=O) groups excluding carboxylic acids is 2. The fraction of sp³-hybridized carbons (Fsp3) is 0.0714. The molecule has 0 bridgehead atoms. The minimum Gasteiger partial charge on any atom is -0.478 e. The Morgan fingerprint density at radius 1 is 0.925 bits per heavy atom. The van der Waals surface area contributed by atoms with Crippen molar-refractivity contribution < 1.29 is 24.4 Å². The van der Waals surface area contributed by atoms with Crippen molar-refractivity contribution in [3.8, 4) is 11.1 Å². The zero-order valence-electron chi connectivity index (χ0n) is 20.6. The zero-order chi connectivity index (χ0) is 28.8. The van der Waals surface area contributed by atoms with Crippen LogP contribution in [0.1, 0.15) is 32.3 Å². The van der Waals surface area contributed by atoms with Crippen molar-refractivity contribution in [2.75, 3.05) is 0 Å². The number of hydrogen-bond donors (Lipinski definition) is 3. The SMILES string of the molecule is O=C(O)c1ccc(C(=O)NNC(=O)C(Cc2ccccc2)n2ccc(-c3cc(Cl)ccc3[N+](=O)[O-])cc2=O)cc1. The first-order valence-electron chi connectivity index (χ1n) is 11.8. The van der Waals surface area contributed by atoms with Crippen LogP contribution in [-0.4, -0.2) is 32.4 Å². The van der Waals surface area contributed by atoms with E-state index in [2.05, 4.69) is 10.9 Å². The third-order valence-corrected chi connectivity index (χ3v) is 6.25. The van der Waals surface area contributed by atoms with Crippen LogP contribution in [0.5, 0.6) is 0 Å². The van der Waals surface area contributed by atoms with Crippen LogP contribution in [0.3, 0.4) is 0 Å². The van der Waals surface area contributed by atoms with Crippen molar-refractivity contribution in [3.63, 3.8) is 0 Å². The summed E-state index contributed by atoms with van der Waals surface area (Å²) in [5.41, 5.74) is 4.97. The summed E-state index contributed by atoms with van der Waals surface area (Å²) in [6.07, 6.45) is 1.44. The number of nitro groups is 1. The molecule has 12 heteroatoms. The molecule has 0 aliphatic carbocycles. The van der Waals surface area contributed by atoms with E-state index in [0.717, 1.165) is 10.1 Å². The Bertz CT molecular complexity index is 1650. The zero-order valence-corrected chi connectivity index (χ0v) is 21.4. The molecule has 40 heavy (non-hydrogen) atoms. The van der Waals surface area contributed by atoms with Gasteiger partial charge in [-0.05, 0) is 53.6 Å². The number of rotatable bonds is 8. The van der Waals surface area contributed by atoms with Gasteiger partial charge in [0.2, 0.25) is 0 Å². The number of aromatic carboxylic acids is 1. The smallest absolute Gasteiger partial charge is 0.335 e. The van der Waals surface area contributed by atoms with Crippen LogP contribution in [0.4, 0.5) is 5.69 Å². The van der Waals surface area contributed by atoms with Gasteiger partial charge in [0.25, 0.3) is 23.1 Å². The Balaban J connectivity index is 1.61. The van der Waals surface area contributed by atoms with Gasteiger partial charge in [0.1, 0.15) is 6.04 Å². The van der Waals surface area contributed by atoms with Crippen LogP contribution in [-0.2, 0) is 11.2 Å². The average molecular weight is 561 g/mol. The fourth-order valence-electron chi connectivity index (χ4n) is 4.01. The summed E-state index contributed by atoms with van der Waals surface area (Å²) in [5.74, 6) is -2.55. The van der Waals surface area contributed by atoms with Gasteiger partial charge in [0, 0.05) is 35.3 Å². The molecular weight excluding hydrogens is 540 g/mol. The lowest BCUT2D eigenvalue weighted by Crippen LogP contribution is -2.47. The van der Waals surface area contributed by atoms with Gasteiger partial charge in [-0.2, -0.15) is 0 Å². The molecule has 3 N–H and O–H groups in total. The number of carboxylic acids is 1. The normalized spacial score (nSPS) is 11.3. The van der Waals surface area contributed by atoms with Gasteiger partial charge in [0.15, 0.2) is 0 Å². The van der Waals surface area contributed by atoms with Crippen LogP contribution >= 0.6 is 11.6 Å².